The first-order chi connectivity index (χ1) is 9.45. The van der Waals surface area contributed by atoms with Gasteiger partial charge in [0.15, 0.2) is 5.96 Å². The number of guanidine groups is 1. The minimum Gasteiger partial charge on any atom is -0.475 e. The molecule has 1 rings (SSSR count). The Morgan fingerprint density at radius 1 is 1.50 bits per heavy atom. The Morgan fingerprint density at radius 3 is 2.90 bits per heavy atom. The summed E-state index contributed by atoms with van der Waals surface area (Å²) in [4.78, 5) is 7.56. The lowest BCUT2D eigenvalue weighted by molar-refractivity contribution is -0.139. The van der Waals surface area contributed by atoms with Crippen molar-refractivity contribution >= 4 is 5.96 Å². The van der Waals surface area contributed by atoms with Crippen LogP contribution in [0.5, 0.6) is 5.88 Å². The van der Waals surface area contributed by atoms with Crippen LogP contribution in [0.1, 0.15) is 18.9 Å². The van der Waals surface area contributed by atoms with E-state index in [9.17, 15) is 13.2 Å². The first kappa shape index (κ1) is 16.1. The van der Waals surface area contributed by atoms with Crippen molar-refractivity contribution in [3.8, 4) is 5.88 Å². The molecule has 0 bridgehead atoms. The molecule has 0 aliphatic carbocycles. The highest BCUT2D eigenvalue weighted by molar-refractivity contribution is 5.77. The Bertz CT molecular complexity index is 449. The Balaban J connectivity index is 2.47. The lowest BCUT2D eigenvalue weighted by Crippen LogP contribution is -2.35. The van der Waals surface area contributed by atoms with Crippen LogP contribution < -0.4 is 15.8 Å². The number of pyridine rings is 1. The van der Waals surface area contributed by atoms with Gasteiger partial charge in [-0.05, 0) is 18.6 Å². The fourth-order valence-electron chi connectivity index (χ4n) is 1.34. The molecule has 1 aromatic rings. The number of ether oxygens (including phenoxy) is 1. The Kier molecular flexibility index (Phi) is 6.08. The van der Waals surface area contributed by atoms with Gasteiger partial charge in [0.1, 0.15) is 12.2 Å². The van der Waals surface area contributed by atoms with E-state index in [4.69, 9.17) is 10.5 Å². The Morgan fingerprint density at radius 2 is 2.25 bits per heavy atom. The molecule has 1 heterocycles. The Hall–Kier alpha value is -1.99. The van der Waals surface area contributed by atoms with Crippen molar-refractivity contribution in [1.82, 2.24) is 10.3 Å². The summed E-state index contributed by atoms with van der Waals surface area (Å²) < 4.78 is 43.0. The van der Waals surface area contributed by atoms with Crippen LogP contribution in [-0.2, 0) is 6.18 Å². The van der Waals surface area contributed by atoms with Gasteiger partial charge in [-0.1, -0.05) is 6.92 Å². The predicted octanol–water partition coefficient (Wildman–Crippen LogP) is 1.79. The number of aromatic nitrogens is 1. The molecule has 3 N–H and O–H groups in total. The highest BCUT2D eigenvalue weighted by atomic mass is 19.4. The van der Waals surface area contributed by atoms with Crippen molar-refractivity contribution in [2.24, 2.45) is 10.7 Å². The summed E-state index contributed by atoms with van der Waals surface area (Å²) in [6.07, 6.45) is -2.38. The van der Waals surface area contributed by atoms with Crippen molar-refractivity contribution in [1.29, 1.82) is 0 Å². The topological polar surface area (TPSA) is 72.5 Å². The number of nitrogens with two attached hydrogens (primary N) is 1. The number of nitrogens with one attached hydrogen (secondary N) is 1. The fourth-order valence-corrected chi connectivity index (χ4v) is 1.34. The Labute approximate surface area is 115 Å². The third-order valence-electron chi connectivity index (χ3n) is 2.23. The third kappa shape index (κ3) is 5.33. The number of rotatable bonds is 6. The summed E-state index contributed by atoms with van der Waals surface area (Å²) >= 11 is 0. The quantitative estimate of drug-likeness (QED) is 0.476. The van der Waals surface area contributed by atoms with E-state index in [0.29, 0.717) is 6.54 Å². The lowest BCUT2D eigenvalue weighted by atomic mass is 10.2. The molecule has 5 nitrogen and oxygen atoms in total. The van der Waals surface area contributed by atoms with Crippen molar-refractivity contribution in [3.05, 3.63) is 23.9 Å². The summed E-state index contributed by atoms with van der Waals surface area (Å²) in [5, 5.41) is 2.74. The molecule has 0 fully saturated rings. The van der Waals surface area contributed by atoms with E-state index in [0.717, 1.165) is 12.5 Å². The van der Waals surface area contributed by atoms with E-state index in [1.165, 1.54) is 12.3 Å². The summed E-state index contributed by atoms with van der Waals surface area (Å²) in [7, 11) is 0. The van der Waals surface area contributed by atoms with Gasteiger partial charge in [-0.3, -0.25) is 4.99 Å². The number of hydrogen-bond donors (Lipinski definition) is 2. The molecule has 0 atom stereocenters. The normalized spacial score (nSPS) is 12.3. The van der Waals surface area contributed by atoms with E-state index >= 15 is 0 Å². The molecule has 0 aliphatic rings. The maximum atomic E-state index is 12.7. The molecule has 0 aliphatic heterocycles. The van der Waals surface area contributed by atoms with Gasteiger partial charge in [0.05, 0.1) is 6.54 Å². The predicted molar refractivity (Wildman–Crippen MR) is 69.5 cm³/mol. The van der Waals surface area contributed by atoms with Gasteiger partial charge in [-0.25, -0.2) is 4.98 Å². The SMILES string of the molecule is CCCN=C(N)NCCOc1ncccc1C(F)(F)F. The van der Waals surface area contributed by atoms with E-state index in [-0.39, 0.29) is 19.1 Å². The number of halogens is 3. The summed E-state index contributed by atoms with van der Waals surface area (Å²) in [6.45, 7) is 2.80. The van der Waals surface area contributed by atoms with Crippen molar-refractivity contribution < 1.29 is 17.9 Å². The van der Waals surface area contributed by atoms with E-state index in [1.54, 1.807) is 0 Å². The lowest BCUT2D eigenvalue weighted by Gasteiger charge is -2.12. The molecule has 0 saturated heterocycles. The largest absolute Gasteiger partial charge is 0.475 e. The number of alkyl halides is 3. The van der Waals surface area contributed by atoms with Crippen LogP contribution in [0.4, 0.5) is 13.2 Å². The van der Waals surface area contributed by atoms with Crippen LogP contribution >= 0.6 is 0 Å². The number of aliphatic imine (C=N–C) groups is 1. The molecule has 0 radical (unpaired) electrons. The van der Waals surface area contributed by atoms with Gasteiger partial charge < -0.3 is 15.8 Å². The molecular weight excluding hydrogens is 273 g/mol. The van der Waals surface area contributed by atoms with Gasteiger partial charge in [-0.2, -0.15) is 13.2 Å². The summed E-state index contributed by atoms with van der Waals surface area (Å²) in [5.41, 5.74) is 4.63. The number of hydrogen-bond acceptors (Lipinski definition) is 3. The maximum Gasteiger partial charge on any atom is 0.421 e. The molecule has 0 unspecified atom stereocenters. The summed E-state index contributed by atoms with van der Waals surface area (Å²) in [6, 6.07) is 2.14. The van der Waals surface area contributed by atoms with Crippen molar-refractivity contribution in [2.75, 3.05) is 19.7 Å². The zero-order chi connectivity index (χ0) is 15.0. The first-order valence-electron chi connectivity index (χ1n) is 6.14. The second-order valence-corrected chi connectivity index (χ2v) is 3.90. The molecular formula is C12H17F3N4O. The number of nitrogens with zero attached hydrogens (tertiary/aromatic N) is 2. The van der Waals surface area contributed by atoms with Gasteiger partial charge >= 0.3 is 6.18 Å². The van der Waals surface area contributed by atoms with Crippen molar-refractivity contribution in [2.45, 2.75) is 19.5 Å². The molecule has 0 aromatic carbocycles. The van der Waals surface area contributed by atoms with Crippen molar-refractivity contribution in [3.63, 3.8) is 0 Å². The summed E-state index contributed by atoms with van der Waals surface area (Å²) in [5.74, 6) is -0.196. The third-order valence-corrected chi connectivity index (χ3v) is 2.23. The minimum atomic E-state index is -4.49. The first-order valence-corrected chi connectivity index (χ1v) is 6.14. The molecule has 1 aromatic heterocycles. The van der Waals surface area contributed by atoms with Crippen LogP contribution in [0.3, 0.4) is 0 Å². The second-order valence-electron chi connectivity index (χ2n) is 3.90. The fraction of sp³-hybridized carbons (Fsp3) is 0.500. The van der Waals surface area contributed by atoms with E-state index in [2.05, 4.69) is 15.3 Å². The maximum absolute atomic E-state index is 12.7. The molecule has 0 amide bonds. The monoisotopic (exact) mass is 290 g/mol. The molecule has 8 heteroatoms. The highest BCUT2D eigenvalue weighted by Gasteiger charge is 2.34. The molecule has 0 spiro atoms. The van der Waals surface area contributed by atoms with Gasteiger partial charge in [0, 0.05) is 12.7 Å². The van der Waals surface area contributed by atoms with Crippen LogP contribution in [-0.4, -0.2) is 30.6 Å². The zero-order valence-corrected chi connectivity index (χ0v) is 11.1. The van der Waals surface area contributed by atoms with Gasteiger partial charge in [-0.15, -0.1) is 0 Å². The van der Waals surface area contributed by atoms with Gasteiger partial charge in [0.2, 0.25) is 5.88 Å². The average Bonchev–Trinajstić information content (AvgIpc) is 2.40. The zero-order valence-electron chi connectivity index (χ0n) is 11.1. The van der Waals surface area contributed by atoms with Crippen LogP contribution in [0, 0.1) is 0 Å². The van der Waals surface area contributed by atoms with E-state index in [1.807, 2.05) is 6.92 Å². The average molecular weight is 290 g/mol. The standard InChI is InChI=1S/C12H17F3N4O/c1-2-5-18-11(16)19-7-8-20-10-9(12(13,14)15)4-3-6-17-10/h3-4,6H,2,5,7-8H2,1H3,(H3,16,18,19). The minimum absolute atomic E-state index is 0.00242. The molecule has 112 valence electrons. The smallest absolute Gasteiger partial charge is 0.421 e. The van der Waals surface area contributed by atoms with Gasteiger partial charge in [0.25, 0.3) is 0 Å². The molecule has 20 heavy (non-hydrogen) atoms. The molecule has 0 saturated carbocycles. The van der Waals surface area contributed by atoms with Crippen LogP contribution in [0.2, 0.25) is 0 Å². The van der Waals surface area contributed by atoms with E-state index < -0.39 is 17.6 Å². The second kappa shape index (κ2) is 7.56. The highest BCUT2D eigenvalue weighted by Crippen LogP contribution is 2.34. The van der Waals surface area contributed by atoms with Crippen LogP contribution in [0.25, 0.3) is 0 Å². The van der Waals surface area contributed by atoms with Crippen LogP contribution in [0.15, 0.2) is 23.3 Å².